The third kappa shape index (κ3) is 3.48. The van der Waals surface area contributed by atoms with Crippen LogP contribution in [-0.2, 0) is 20.0 Å². The lowest BCUT2D eigenvalue weighted by molar-refractivity contribution is 0.292. The first-order valence-corrected chi connectivity index (χ1v) is 8.20. The number of H-pyrrole nitrogens is 1. The van der Waals surface area contributed by atoms with Gasteiger partial charge in [-0.05, 0) is 18.4 Å². The number of aromatic nitrogens is 4. The summed E-state index contributed by atoms with van der Waals surface area (Å²) < 4.78 is 3.12. The van der Waals surface area contributed by atoms with Crippen molar-refractivity contribution in [1.29, 1.82) is 0 Å². The van der Waals surface area contributed by atoms with Crippen LogP contribution >= 0.6 is 0 Å². The van der Waals surface area contributed by atoms with Gasteiger partial charge in [0, 0.05) is 26.7 Å². The molecule has 0 aliphatic heterocycles. The van der Waals surface area contributed by atoms with Crippen LogP contribution in [-0.4, -0.2) is 37.4 Å². The SMILES string of the molecule is Cn1c(=O)[nH]c(=O)c2c1nc(NCCCO)n2CCc1ccccc1. The summed E-state index contributed by atoms with van der Waals surface area (Å²) in [6, 6.07) is 9.95. The number of fused-ring (bicyclic) bond motifs is 1. The van der Waals surface area contributed by atoms with Gasteiger partial charge in [-0.2, -0.15) is 4.98 Å². The van der Waals surface area contributed by atoms with Gasteiger partial charge in [0.1, 0.15) is 0 Å². The first-order valence-electron chi connectivity index (χ1n) is 8.20. The zero-order valence-corrected chi connectivity index (χ0v) is 14.0. The van der Waals surface area contributed by atoms with Crippen LogP contribution in [0.5, 0.6) is 0 Å². The highest BCUT2D eigenvalue weighted by atomic mass is 16.3. The Hall–Kier alpha value is -2.87. The predicted molar refractivity (Wildman–Crippen MR) is 95.9 cm³/mol. The number of benzene rings is 1. The van der Waals surface area contributed by atoms with Crippen molar-refractivity contribution < 1.29 is 5.11 Å². The maximum atomic E-state index is 12.3. The van der Waals surface area contributed by atoms with Crippen molar-refractivity contribution in [3.8, 4) is 0 Å². The Morgan fingerprint density at radius 2 is 2.00 bits per heavy atom. The minimum absolute atomic E-state index is 0.0658. The standard InChI is InChI=1S/C17H21N5O3/c1-21-14-13(15(24)20-17(21)25)22(16(19-14)18-9-5-11-23)10-8-12-6-3-2-4-7-12/h2-4,6-7,23H,5,8-11H2,1H3,(H,18,19)(H,20,24,25). The Kier molecular flexibility index (Phi) is 4.99. The summed E-state index contributed by atoms with van der Waals surface area (Å²) in [7, 11) is 1.58. The molecule has 0 fully saturated rings. The van der Waals surface area contributed by atoms with Crippen molar-refractivity contribution in [2.24, 2.45) is 7.05 Å². The van der Waals surface area contributed by atoms with E-state index in [0.717, 1.165) is 12.0 Å². The number of hydrogen-bond acceptors (Lipinski definition) is 5. The number of aryl methyl sites for hydroxylation is 3. The molecule has 0 aliphatic rings. The molecule has 0 saturated heterocycles. The molecule has 8 heteroatoms. The molecule has 0 amide bonds. The predicted octanol–water partition coefficient (Wildman–Crippen LogP) is 0.460. The highest BCUT2D eigenvalue weighted by molar-refractivity contribution is 5.74. The van der Waals surface area contributed by atoms with Crippen LogP contribution in [0.15, 0.2) is 39.9 Å². The number of aliphatic hydroxyl groups is 1. The van der Waals surface area contributed by atoms with E-state index in [1.165, 1.54) is 4.57 Å². The molecule has 2 aromatic heterocycles. The Bertz CT molecular complexity index is 972. The van der Waals surface area contributed by atoms with E-state index in [4.69, 9.17) is 5.11 Å². The van der Waals surface area contributed by atoms with E-state index < -0.39 is 11.2 Å². The average molecular weight is 343 g/mol. The largest absolute Gasteiger partial charge is 0.396 e. The summed E-state index contributed by atoms with van der Waals surface area (Å²) >= 11 is 0. The van der Waals surface area contributed by atoms with Gasteiger partial charge in [0.25, 0.3) is 5.56 Å². The van der Waals surface area contributed by atoms with Gasteiger partial charge < -0.3 is 15.0 Å². The molecule has 25 heavy (non-hydrogen) atoms. The lowest BCUT2D eigenvalue weighted by Gasteiger charge is -2.10. The van der Waals surface area contributed by atoms with E-state index in [1.807, 2.05) is 30.3 Å². The van der Waals surface area contributed by atoms with Crippen molar-refractivity contribution >= 4 is 17.1 Å². The molecule has 8 nitrogen and oxygen atoms in total. The van der Waals surface area contributed by atoms with Gasteiger partial charge in [-0.3, -0.25) is 14.3 Å². The van der Waals surface area contributed by atoms with Crippen molar-refractivity contribution in [2.75, 3.05) is 18.5 Å². The fraction of sp³-hybridized carbons (Fsp3) is 0.353. The van der Waals surface area contributed by atoms with E-state index in [0.29, 0.717) is 36.6 Å². The molecule has 132 valence electrons. The zero-order chi connectivity index (χ0) is 17.8. The molecule has 0 aliphatic carbocycles. The minimum atomic E-state index is -0.493. The number of imidazole rings is 1. The molecular weight excluding hydrogens is 322 g/mol. The molecule has 3 rings (SSSR count). The molecule has 0 unspecified atom stereocenters. The van der Waals surface area contributed by atoms with Crippen molar-refractivity contribution in [2.45, 2.75) is 19.4 Å². The average Bonchev–Trinajstić information content (AvgIpc) is 2.98. The molecule has 0 atom stereocenters. The normalized spacial score (nSPS) is 11.1. The van der Waals surface area contributed by atoms with Crippen LogP contribution < -0.4 is 16.6 Å². The van der Waals surface area contributed by atoms with E-state index in [1.54, 1.807) is 11.6 Å². The fourth-order valence-corrected chi connectivity index (χ4v) is 2.75. The molecule has 3 N–H and O–H groups in total. The summed E-state index contributed by atoms with van der Waals surface area (Å²) in [6.45, 7) is 1.14. The Balaban J connectivity index is 2.03. The van der Waals surface area contributed by atoms with Crippen LogP contribution in [0, 0.1) is 0 Å². The van der Waals surface area contributed by atoms with Crippen molar-refractivity contribution in [1.82, 2.24) is 19.1 Å². The van der Waals surface area contributed by atoms with E-state index in [9.17, 15) is 9.59 Å². The molecule has 0 bridgehead atoms. The Morgan fingerprint density at radius 3 is 2.72 bits per heavy atom. The summed E-state index contributed by atoms with van der Waals surface area (Å²) in [4.78, 5) is 30.9. The number of nitrogens with zero attached hydrogens (tertiary/aromatic N) is 3. The molecule has 2 heterocycles. The summed E-state index contributed by atoms with van der Waals surface area (Å²) in [6.07, 6.45) is 1.29. The van der Waals surface area contributed by atoms with Crippen molar-refractivity contribution in [3.63, 3.8) is 0 Å². The fourth-order valence-electron chi connectivity index (χ4n) is 2.75. The maximum Gasteiger partial charge on any atom is 0.329 e. The van der Waals surface area contributed by atoms with Crippen LogP contribution in [0.25, 0.3) is 11.2 Å². The summed E-state index contributed by atoms with van der Waals surface area (Å²) in [5.74, 6) is 0.520. The van der Waals surface area contributed by atoms with Gasteiger partial charge in [-0.25, -0.2) is 4.79 Å². The molecule has 1 aromatic carbocycles. The first-order chi connectivity index (χ1) is 12.1. The molecule has 3 aromatic rings. The van der Waals surface area contributed by atoms with E-state index in [-0.39, 0.29) is 6.61 Å². The topological polar surface area (TPSA) is 105 Å². The first kappa shape index (κ1) is 17.0. The second-order valence-electron chi connectivity index (χ2n) is 5.82. The van der Waals surface area contributed by atoms with Crippen LogP contribution in [0.4, 0.5) is 5.95 Å². The van der Waals surface area contributed by atoms with Gasteiger partial charge in [0.15, 0.2) is 11.2 Å². The molecular formula is C17H21N5O3. The van der Waals surface area contributed by atoms with Gasteiger partial charge in [-0.1, -0.05) is 30.3 Å². The zero-order valence-electron chi connectivity index (χ0n) is 14.0. The second kappa shape index (κ2) is 7.35. The highest BCUT2D eigenvalue weighted by Crippen LogP contribution is 2.16. The Morgan fingerprint density at radius 1 is 1.24 bits per heavy atom. The maximum absolute atomic E-state index is 12.3. The Labute approximate surface area is 143 Å². The highest BCUT2D eigenvalue weighted by Gasteiger charge is 2.16. The van der Waals surface area contributed by atoms with Gasteiger partial charge >= 0.3 is 5.69 Å². The molecule has 0 saturated carbocycles. The van der Waals surface area contributed by atoms with Gasteiger partial charge in [0.2, 0.25) is 5.95 Å². The van der Waals surface area contributed by atoms with Crippen molar-refractivity contribution in [3.05, 3.63) is 56.7 Å². The number of aromatic amines is 1. The second-order valence-corrected chi connectivity index (χ2v) is 5.82. The summed E-state index contributed by atoms with van der Waals surface area (Å²) in [5.41, 5.74) is 0.908. The number of nitrogens with one attached hydrogen (secondary N) is 2. The van der Waals surface area contributed by atoms with Gasteiger partial charge in [-0.15, -0.1) is 0 Å². The van der Waals surface area contributed by atoms with Crippen LogP contribution in [0.2, 0.25) is 0 Å². The number of aliphatic hydroxyl groups excluding tert-OH is 1. The number of rotatable bonds is 7. The lowest BCUT2D eigenvalue weighted by Crippen LogP contribution is -2.29. The molecule has 0 spiro atoms. The number of anilines is 1. The summed E-state index contributed by atoms with van der Waals surface area (Å²) in [5, 5.41) is 12.1. The minimum Gasteiger partial charge on any atom is -0.396 e. The number of hydrogen-bond donors (Lipinski definition) is 3. The lowest BCUT2D eigenvalue weighted by atomic mass is 10.1. The monoisotopic (exact) mass is 343 g/mol. The van der Waals surface area contributed by atoms with E-state index in [2.05, 4.69) is 15.3 Å². The van der Waals surface area contributed by atoms with Crippen LogP contribution in [0.3, 0.4) is 0 Å². The third-order valence-corrected chi connectivity index (χ3v) is 4.09. The van der Waals surface area contributed by atoms with E-state index >= 15 is 0 Å². The smallest absolute Gasteiger partial charge is 0.329 e. The van der Waals surface area contributed by atoms with Crippen LogP contribution in [0.1, 0.15) is 12.0 Å². The van der Waals surface area contributed by atoms with Gasteiger partial charge in [0.05, 0.1) is 0 Å². The quantitative estimate of drug-likeness (QED) is 0.541. The molecule has 0 radical (unpaired) electrons. The third-order valence-electron chi connectivity index (χ3n) is 4.09.